The Bertz CT molecular complexity index is 553. The Morgan fingerprint density at radius 2 is 1.61 bits per heavy atom. The molecule has 0 bridgehead atoms. The van der Waals surface area contributed by atoms with Gasteiger partial charge in [0, 0.05) is 0 Å². The minimum atomic E-state index is -0.712. The molecular formula is C17H22O6. The van der Waals surface area contributed by atoms with E-state index in [1.54, 1.807) is 20.8 Å². The van der Waals surface area contributed by atoms with E-state index in [1.807, 2.05) is 6.92 Å². The summed E-state index contributed by atoms with van der Waals surface area (Å²) in [5.41, 5.74) is -0.233. The molecule has 1 aromatic carbocycles. The minimum Gasteiger partial charge on any atom is -0.465 e. The fourth-order valence-corrected chi connectivity index (χ4v) is 1.55. The summed E-state index contributed by atoms with van der Waals surface area (Å²) in [6.07, 6.45) is 0.237. The first-order valence-electron chi connectivity index (χ1n) is 7.41. The van der Waals surface area contributed by atoms with Crippen molar-refractivity contribution in [1.29, 1.82) is 0 Å². The maximum atomic E-state index is 11.8. The number of benzene rings is 1. The Kier molecular flexibility index (Phi) is 6.75. The molecule has 0 atom stereocenters. The Labute approximate surface area is 135 Å². The summed E-state index contributed by atoms with van der Waals surface area (Å²) in [5, 5.41) is 0. The van der Waals surface area contributed by atoms with Crippen molar-refractivity contribution in [3.63, 3.8) is 0 Å². The average molecular weight is 322 g/mol. The Morgan fingerprint density at radius 1 is 1.00 bits per heavy atom. The quantitative estimate of drug-likeness (QED) is 0.455. The molecule has 0 unspecified atom stereocenters. The van der Waals surface area contributed by atoms with Crippen molar-refractivity contribution in [2.75, 3.05) is 6.61 Å². The second-order valence-corrected chi connectivity index (χ2v) is 5.90. The lowest BCUT2D eigenvalue weighted by Crippen LogP contribution is -2.23. The topological polar surface area (TPSA) is 78.9 Å². The van der Waals surface area contributed by atoms with Gasteiger partial charge in [0.25, 0.3) is 0 Å². The molecule has 1 aromatic rings. The highest BCUT2D eigenvalue weighted by Gasteiger charge is 2.18. The molecule has 6 heteroatoms. The normalized spacial score (nSPS) is 10.8. The first-order chi connectivity index (χ1) is 10.7. The number of rotatable bonds is 6. The smallest absolute Gasteiger partial charge is 0.338 e. The first kappa shape index (κ1) is 18.7. The van der Waals surface area contributed by atoms with Crippen molar-refractivity contribution in [3.05, 3.63) is 29.8 Å². The van der Waals surface area contributed by atoms with E-state index < -0.39 is 29.9 Å². The van der Waals surface area contributed by atoms with Crippen LogP contribution in [0.5, 0.6) is 5.75 Å². The highest BCUT2D eigenvalue weighted by atomic mass is 16.6. The second kappa shape index (κ2) is 8.31. The van der Waals surface area contributed by atoms with Crippen LogP contribution < -0.4 is 4.74 Å². The van der Waals surface area contributed by atoms with Crippen molar-refractivity contribution >= 4 is 17.9 Å². The summed E-state index contributed by atoms with van der Waals surface area (Å²) in [6.45, 7) is 7.46. The molecule has 0 spiro atoms. The van der Waals surface area contributed by atoms with Gasteiger partial charge in [0.15, 0.2) is 0 Å². The average Bonchev–Trinajstić information content (AvgIpc) is 2.43. The van der Waals surface area contributed by atoms with Gasteiger partial charge in [0.2, 0.25) is 0 Å². The molecule has 0 aromatic heterocycles. The Hall–Kier alpha value is -2.37. The Balaban J connectivity index is 2.55. The second-order valence-electron chi connectivity index (χ2n) is 5.90. The highest BCUT2D eigenvalue weighted by Crippen LogP contribution is 2.16. The van der Waals surface area contributed by atoms with Crippen molar-refractivity contribution in [3.8, 4) is 5.75 Å². The molecule has 0 aliphatic heterocycles. The van der Waals surface area contributed by atoms with Crippen LogP contribution in [0.15, 0.2) is 24.3 Å². The fourth-order valence-electron chi connectivity index (χ4n) is 1.55. The molecule has 0 aliphatic carbocycles. The largest absolute Gasteiger partial charge is 0.465 e. The van der Waals surface area contributed by atoms with E-state index in [0.717, 1.165) is 0 Å². The monoisotopic (exact) mass is 322 g/mol. The number of esters is 3. The van der Waals surface area contributed by atoms with Gasteiger partial charge in [-0.2, -0.15) is 0 Å². The number of carbonyl (C=O) groups is 3. The molecule has 0 saturated heterocycles. The third kappa shape index (κ3) is 7.44. The molecule has 0 N–H and O–H groups in total. The molecule has 0 heterocycles. The van der Waals surface area contributed by atoms with E-state index in [1.165, 1.54) is 24.3 Å². The predicted octanol–water partition coefficient (Wildman–Crippen LogP) is 2.89. The summed E-state index contributed by atoms with van der Waals surface area (Å²) in [5.74, 6) is -1.55. The molecule has 0 saturated carbocycles. The summed E-state index contributed by atoms with van der Waals surface area (Å²) in [7, 11) is 0. The van der Waals surface area contributed by atoms with Crippen LogP contribution in [0.25, 0.3) is 0 Å². The number of carbonyl (C=O) groups excluding carboxylic acids is 3. The minimum absolute atomic E-state index is 0.241. The van der Waals surface area contributed by atoms with Gasteiger partial charge in [0.05, 0.1) is 12.2 Å². The fraction of sp³-hybridized carbons (Fsp3) is 0.471. The predicted molar refractivity (Wildman–Crippen MR) is 83.1 cm³/mol. The lowest BCUT2D eigenvalue weighted by Gasteiger charge is -2.19. The van der Waals surface area contributed by atoms with E-state index in [-0.39, 0.29) is 12.4 Å². The van der Waals surface area contributed by atoms with Crippen LogP contribution in [0.2, 0.25) is 0 Å². The Morgan fingerprint density at radius 3 is 2.13 bits per heavy atom. The molecule has 23 heavy (non-hydrogen) atoms. The number of ether oxygens (including phenoxy) is 3. The van der Waals surface area contributed by atoms with Gasteiger partial charge in [-0.1, -0.05) is 6.92 Å². The van der Waals surface area contributed by atoms with E-state index in [4.69, 9.17) is 14.2 Å². The van der Waals surface area contributed by atoms with Gasteiger partial charge in [-0.05, 0) is 51.5 Å². The maximum absolute atomic E-state index is 11.8. The summed E-state index contributed by atoms with van der Waals surface area (Å²) in [6, 6.07) is 5.92. The van der Waals surface area contributed by atoms with Gasteiger partial charge >= 0.3 is 17.9 Å². The van der Waals surface area contributed by atoms with Crippen LogP contribution in [0.4, 0.5) is 0 Å². The standard InChI is InChI=1S/C17H22O6/c1-5-10-21-14(18)11-15(19)22-13-8-6-12(7-9-13)16(20)23-17(2,3)4/h6-9H,5,10-11H2,1-4H3. The molecule has 6 nitrogen and oxygen atoms in total. The van der Waals surface area contributed by atoms with Crippen molar-refractivity contribution in [1.82, 2.24) is 0 Å². The third-order valence-electron chi connectivity index (χ3n) is 2.48. The number of hydrogen-bond donors (Lipinski definition) is 0. The van der Waals surface area contributed by atoms with Gasteiger partial charge in [-0.25, -0.2) is 4.79 Å². The van der Waals surface area contributed by atoms with E-state index >= 15 is 0 Å². The zero-order chi connectivity index (χ0) is 17.5. The molecule has 0 radical (unpaired) electrons. The van der Waals surface area contributed by atoms with E-state index in [2.05, 4.69) is 0 Å². The number of hydrogen-bond acceptors (Lipinski definition) is 6. The lowest BCUT2D eigenvalue weighted by molar-refractivity contribution is -0.150. The summed E-state index contributed by atoms with van der Waals surface area (Å²) >= 11 is 0. The van der Waals surface area contributed by atoms with Crippen LogP contribution in [-0.2, 0) is 19.1 Å². The van der Waals surface area contributed by atoms with E-state index in [0.29, 0.717) is 12.0 Å². The zero-order valence-electron chi connectivity index (χ0n) is 13.9. The molecule has 0 fully saturated rings. The third-order valence-corrected chi connectivity index (χ3v) is 2.48. The SMILES string of the molecule is CCCOC(=O)CC(=O)Oc1ccc(C(=O)OC(C)(C)C)cc1. The van der Waals surface area contributed by atoms with Crippen molar-refractivity contribution < 1.29 is 28.6 Å². The zero-order valence-corrected chi connectivity index (χ0v) is 13.9. The van der Waals surface area contributed by atoms with Crippen LogP contribution in [-0.4, -0.2) is 30.1 Å². The summed E-state index contributed by atoms with van der Waals surface area (Å²) < 4.78 is 15.0. The van der Waals surface area contributed by atoms with Crippen LogP contribution in [0.3, 0.4) is 0 Å². The van der Waals surface area contributed by atoms with Gasteiger partial charge < -0.3 is 14.2 Å². The lowest BCUT2D eigenvalue weighted by atomic mass is 10.1. The highest BCUT2D eigenvalue weighted by molar-refractivity contribution is 5.92. The van der Waals surface area contributed by atoms with Crippen LogP contribution in [0.1, 0.15) is 50.9 Å². The van der Waals surface area contributed by atoms with Crippen LogP contribution >= 0.6 is 0 Å². The maximum Gasteiger partial charge on any atom is 0.338 e. The molecular weight excluding hydrogens is 300 g/mol. The summed E-state index contributed by atoms with van der Waals surface area (Å²) in [4.78, 5) is 34.7. The van der Waals surface area contributed by atoms with E-state index in [9.17, 15) is 14.4 Å². The molecule has 0 amide bonds. The van der Waals surface area contributed by atoms with Gasteiger partial charge in [0.1, 0.15) is 17.8 Å². The van der Waals surface area contributed by atoms with Gasteiger partial charge in [-0.3, -0.25) is 9.59 Å². The first-order valence-corrected chi connectivity index (χ1v) is 7.41. The van der Waals surface area contributed by atoms with Gasteiger partial charge in [-0.15, -0.1) is 0 Å². The van der Waals surface area contributed by atoms with Crippen molar-refractivity contribution in [2.45, 2.75) is 46.1 Å². The molecule has 1 rings (SSSR count). The molecule has 126 valence electrons. The van der Waals surface area contributed by atoms with Crippen molar-refractivity contribution in [2.24, 2.45) is 0 Å². The van der Waals surface area contributed by atoms with Crippen LogP contribution in [0, 0.1) is 0 Å². The molecule has 0 aliphatic rings.